The molecule has 0 bridgehead atoms. The van der Waals surface area contributed by atoms with Crippen molar-refractivity contribution in [3.63, 3.8) is 0 Å². The second kappa shape index (κ2) is 5.38. The highest BCUT2D eigenvalue weighted by Crippen LogP contribution is 2.19. The van der Waals surface area contributed by atoms with E-state index in [9.17, 15) is 8.42 Å². The lowest BCUT2D eigenvalue weighted by molar-refractivity contribution is 0.255. The van der Waals surface area contributed by atoms with Gasteiger partial charge in [-0.25, -0.2) is 8.42 Å². The van der Waals surface area contributed by atoms with E-state index in [2.05, 4.69) is 12.2 Å². The molecule has 1 aliphatic rings. The summed E-state index contributed by atoms with van der Waals surface area (Å²) in [5.74, 6) is 0. The van der Waals surface area contributed by atoms with Gasteiger partial charge in [-0.2, -0.15) is 0 Å². The normalized spacial score (nSPS) is 22.0. The summed E-state index contributed by atoms with van der Waals surface area (Å²) in [4.78, 5) is 2.32. The largest absolute Gasteiger partial charge is 0.313 e. The summed E-state index contributed by atoms with van der Waals surface area (Å²) in [5, 5.41) is 2.68. The van der Waals surface area contributed by atoms with Crippen LogP contribution in [0.4, 0.5) is 0 Å². The van der Waals surface area contributed by atoms with Crippen molar-refractivity contribution in [2.24, 2.45) is 0 Å². The Kier molecular flexibility index (Phi) is 4.04. The summed E-state index contributed by atoms with van der Waals surface area (Å²) < 4.78 is 25.0. The Morgan fingerprint density at radius 3 is 2.56 bits per heavy atom. The molecule has 0 spiro atoms. The third kappa shape index (κ3) is 2.58. The summed E-state index contributed by atoms with van der Waals surface area (Å²) in [5.41, 5.74) is 1.16. The molecular weight excluding hydrogens is 248 g/mol. The van der Waals surface area contributed by atoms with E-state index in [-0.39, 0.29) is 0 Å². The van der Waals surface area contributed by atoms with Gasteiger partial charge in [0.1, 0.15) is 5.37 Å². The van der Waals surface area contributed by atoms with Gasteiger partial charge in [-0.3, -0.25) is 4.90 Å². The first-order valence-electron chi connectivity index (χ1n) is 6.29. The zero-order chi connectivity index (χ0) is 13.2. The predicted molar refractivity (Wildman–Crippen MR) is 72.3 cm³/mol. The van der Waals surface area contributed by atoms with Gasteiger partial charge in [0.05, 0.1) is 4.90 Å². The van der Waals surface area contributed by atoms with Crippen LogP contribution < -0.4 is 5.32 Å². The zero-order valence-corrected chi connectivity index (χ0v) is 11.7. The van der Waals surface area contributed by atoms with Gasteiger partial charge in [0.15, 0.2) is 9.84 Å². The smallest absolute Gasteiger partial charge is 0.195 e. The number of rotatable bonds is 3. The molecule has 1 atom stereocenters. The van der Waals surface area contributed by atoms with E-state index < -0.39 is 15.2 Å². The van der Waals surface area contributed by atoms with Gasteiger partial charge in [-0.1, -0.05) is 19.1 Å². The van der Waals surface area contributed by atoms with Crippen LogP contribution in [-0.4, -0.2) is 45.4 Å². The summed E-state index contributed by atoms with van der Waals surface area (Å²) >= 11 is 0. The van der Waals surface area contributed by atoms with E-state index >= 15 is 0 Å². The number of aryl methyl sites for hydroxylation is 1. The zero-order valence-electron chi connectivity index (χ0n) is 10.9. The molecule has 1 aromatic rings. The highest BCUT2D eigenvalue weighted by atomic mass is 32.2. The van der Waals surface area contributed by atoms with E-state index in [1.54, 1.807) is 12.1 Å². The molecule has 1 unspecified atom stereocenters. The molecule has 1 N–H and O–H groups in total. The van der Waals surface area contributed by atoms with Crippen molar-refractivity contribution in [1.29, 1.82) is 0 Å². The summed E-state index contributed by atoms with van der Waals surface area (Å²) in [6, 6.07) is 7.22. The monoisotopic (exact) mass is 268 g/mol. The minimum atomic E-state index is -3.27. The predicted octanol–water partition coefficient (Wildman–Crippen LogP) is 0.884. The molecule has 1 saturated heterocycles. The highest BCUT2D eigenvalue weighted by Gasteiger charge is 2.32. The molecule has 0 aromatic heterocycles. The van der Waals surface area contributed by atoms with Gasteiger partial charge >= 0.3 is 0 Å². The van der Waals surface area contributed by atoms with Crippen LogP contribution in [0.25, 0.3) is 0 Å². The van der Waals surface area contributed by atoms with Crippen molar-refractivity contribution in [2.75, 3.05) is 26.7 Å². The maximum atomic E-state index is 12.5. The van der Waals surface area contributed by atoms with Crippen molar-refractivity contribution in [3.8, 4) is 0 Å². The Bertz CT molecular complexity index is 496. The van der Waals surface area contributed by atoms with E-state index in [1.165, 1.54) is 0 Å². The topological polar surface area (TPSA) is 49.4 Å². The number of likely N-dealkylation sites (N-methyl/N-ethyl adjacent to an activating group) is 1. The molecule has 5 heteroatoms. The van der Waals surface area contributed by atoms with Crippen LogP contribution in [0, 0.1) is 0 Å². The number of benzene rings is 1. The molecule has 0 amide bonds. The first kappa shape index (κ1) is 13.5. The SMILES string of the molecule is CCc1ccc(S(=O)(=O)C2CNCCN2C)cc1. The number of hydrogen-bond acceptors (Lipinski definition) is 4. The summed E-state index contributed by atoms with van der Waals surface area (Å²) in [7, 11) is -1.41. The van der Waals surface area contributed by atoms with Crippen molar-refractivity contribution < 1.29 is 8.42 Å². The van der Waals surface area contributed by atoms with Crippen molar-refractivity contribution in [1.82, 2.24) is 10.2 Å². The van der Waals surface area contributed by atoms with E-state index in [0.29, 0.717) is 11.4 Å². The molecule has 1 aliphatic heterocycles. The molecular formula is C13H20N2O2S. The molecule has 0 saturated carbocycles. The summed E-state index contributed by atoms with van der Waals surface area (Å²) in [6.07, 6.45) is 0.922. The number of sulfone groups is 1. The lowest BCUT2D eigenvalue weighted by Crippen LogP contribution is -2.52. The Hall–Kier alpha value is -0.910. The minimum Gasteiger partial charge on any atom is -0.313 e. The Labute approximate surface area is 109 Å². The van der Waals surface area contributed by atoms with Gasteiger partial charge in [0.2, 0.25) is 0 Å². The molecule has 1 heterocycles. The van der Waals surface area contributed by atoms with Gasteiger partial charge in [0, 0.05) is 19.6 Å². The third-order valence-electron chi connectivity index (χ3n) is 3.47. The van der Waals surface area contributed by atoms with Crippen molar-refractivity contribution >= 4 is 9.84 Å². The van der Waals surface area contributed by atoms with Crippen LogP contribution in [0.5, 0.6) is 0 Å². The van der Waals surface area contributed by atoms with Gasteiger partial charge in [-0.05, 0) is 31.2 Å². The van der Waals surface area contributed by atoms with Crippen LogP contribution in [0.2, 0.25) is 0 Å². The van der Waals surface area contributed by atoms with E-state index in [1.807, 2.05) is 24.1 Å². The second-order valence-electron chi connectivity index (χ2n) is 4.68. The number of nitrogens with one attached hydrogen (secondary N) is 1. The molecule has 18 heavy (non-hydrogen) atoms. The van der Waals surface area contributed by atoms with Gasteiger partial charge in [-0.15, -0.1) is 0 Å². The summed E-state index contributed by atoms with van der Waals surface area (Å²) in [6.45, 7) is 4.16. The Morgan fingerprint density at radius 1 is 1.33 bits per heavy atom. The average molecular weight is 268 g/mol. The Balaban J connectivity index is 2.28. The molecule has 100 valence electrons. The molecule has 4 nitrogen and oxygen atoms in total. The van der Waals surface area contributed by atoms with E-state index in [4.69, 9.17) is 0 Å². The number of nitrogens with zero attached hydrogens (tertiary/aromatic N) is 1. The van der Waals surface area contributed by atoms with Crippen LogP contribution in [0.1, 0.15) is 12.5 Å². The molecule has 1 fully saturated rings. The Morgan fingerprint density at radius 2 is 2.00 bits per heavy atom. The first-order chi connectivity index (χ1) is 8.55. The fourth-order valence-electron chi connectivity index (χ4n) is 2.20. The fraction of sp³-hybridized carbons (Fsp3) is 0.538. The quantitative estimate of drug-likeness (QED) is 0.884. The average Bonchev–Trinajstić information content (AvgIpc) is 2.39. The second-order valence-corrected chi connectivity index (χ2v) is 6.79. The lowest BCUT2D eigenvalue weighted by atomic mass is 10.2. The van der Waals surface area contributed by atoms with Crippen LogP contribution in [0.15, 0.2) is 29.2 Å². The van der Waals surface area contributed by atoms with Crippen LogP contribution >= 0.6 is 0 Å². The molecule has 2 rings (SSSR count). The maximum absolute atomic E-state index is 12.5. The third-order valence-corrected chi connectivity index (χ3v) is 5.64. The number of piperazine rings is 1. The van der Waals surface area contributed by atoms with E-state index in [0.717, 1.165) is 25.1 Å². The van der Waals surface area contributed by atoms with Crippen LogP contribution in [0.3, 0.4) is 0 Å². The maximum Gasteiger partial charge on any atom is 0.195 e. The minimum absolute atomic E-state index is 0.417. The fourth-order valence-corrected chi connectivity index (χ4v) is 3.95. The van der Waals surface area contributed by atoms with Crippen molar-refractivity contribution in [3.05, 3.63) is 29.8 Å². The first-order valence-corrected chi connectivity index (χ1v) is 7.84. The van der Waals surface area contributed by atoms with Crippen molar-refractivity contribution in [2.45, 2.75) is 23.6 Å². The molecule has 0 aliphatic carbocycles. The molecule has 0 radical (unpaired) electrons. The highest BCUT2D eigenvalue weighted by molar-refractivity contribution is 7.92. The molecule has 1 aromatic carbocycles. The standard InChI is InChI=1S/C13H20N2O2S/c1-3-11-4-6-12(7-5-11)18(16,17)13-10-14-8-9-15(13)2/h4-7,13-14H,3,8-10H2,1-2H3. The lowest BCUT2D eigenvalue weighted by Gasteiger charge is -2.32. The van der Waals surface area contributed by atoms with Crippen LogP contribution in [-0.2, 0) is 16.3 Å². The van der Waals surface area contributed by atoms with Gasteiger partial charge in [0.25, 0.3) is 0 Å². The van der Waals surface area contributed by atoms with Gasteiger partial charge < -0.3 is 5.32 Å². The number of hydrogen-bond donors (Lipinski definition) is 1.